The van der Waals surface area contributed by atoms with Crippen molar-refractivity contribution in [2.75, 3.05) is 6.54 Å². The number of nitro groups is 1. The molecule has 2 rings (SSSR count). The average Bonchev–Trinajstić information content (AvgIpc) is 2.65. The van der Waals surface area contributed by atoms with Crippen molar-refractivity contribution in [1.82, 2.24) is 9.78 Å². The number of hydrogen-bond donors (Lipinski definition) is 0. The van der Waals surface area contributed by atoms with Crippen LogP contribution in [0, 0.1) is 24.0 Å². The van der Waals surface area contributed by atoms with Crippen molar-refractivity contribution in [1.29, 1.82) is 0 Å². The molecular formula is C13H14BrN3O2. The second kappa shape index (κ2) is 5.52. The van der Waals surface area contributed by atoms with Gasteiger partial charge in [-0.3, -0.25) is 14.8 Å². The van der Waals surface area contributed by atoms with Gasteiger partial charge in [0.25, 0.3) is 0 Å². The quantitative estimate of drug-likeness (QED) is 0.641. The monoisotopic (exact) mass is 323 g/mol. The molecule has 1 aromatic heterocycles. The van der Waals surface area contributed by atoms with Gasteiger partial charge in [0, 0.05) is 15.1 Å². The molecule has 1 heterocycles. The molecule has 1 aromatic carbocycles. The minimum Gasteiger partial charge on any atom is -0.264 e. The number of hydrogen-bond acceptors (Lipinski definition) is 3. The van der Waals surface area contributed by atoms with E-state index in [9.17, 15) is 10.1 Å². The van der Waals surface area contributed by atoms with Crippen LogP contribution in [0.1, 0.15) is 23.0 Å². The lowest BCUT2D eigenvalue weighted by Crippen LogP contribution is -2.22. The normalized spacial score (nSPS) is 12.4. The highest BCUT2D eigenvalue weighted by Gasteiger charge is 2.22. The van der Waals surface area contributed by atoms with Crippen molar-refractivity contribution in [3.05, 3.63) is 61.9 Å². The third-order valence-corrected chi connectivity index (χ3v) is 3.39. The van der Waals surface area contributed by atoms with Crippen LogP contribution in [0.3, 0.4) is 0 Å². The number of nitrogens with zero attached hydrogens (tertiary/aromatic N) is 3. The molecule has 0 unspecified atom stereocenters. The van der Waals surface area contributed by atoms with Gasteiger partial charge >= 0.3 is 0 Å². The van der Waals surface area contributed by atoms with Crippen LogP contribution in [0.25, 0.3) is 0 Å². The number of benzene rings is 1. The zero-order valence-corrected chi connectivity index (χ0v) is 12.3. The fourth-order valence-corrected chi connectivity index (χ4v) is 2.56. The summed E-state index contributed by atoms with van der Waals surface area (Å²) in [7, 11) is 0. The van der Waals surface area contributed by atoms with E-state index in [1.165, 1.54) is 0 Å². The van der Waals surface area contributed by atoms with E-state index in [0.29, 0.717) is 0 Å². The first-order valence-electron chi connectivity index (χ1n) is 5.87. The van der Waals surface area contributed by atoms with Crippen molar-refractivity contribution >= 4 is 15.9 Å². The topological polar surface area (TPSA) is 61.0 Å². The Balaban J connectivity index is 2.47. The van der Waals surface area contributed by atoms with Crippen molar-refractivity contribution < 1.29 is 4.92 Å². The van der Waals surface area contributed by atoms with Gasteiger partial charge in [0.2, 0.25) is 6.54 Å². The molecule has 19 heavy (non-hydrogen) atoms. The third kappa shape index (κ3) is 3.20. The van der Waals surface area contributed by atoms with E-state index in [-0.39, 0.29) is 17.5 Å². The molecule has 0 N–H and O–H groups in total. The second-order valence-electron chi connectivity index (χ2n) is 4.46. The first kappa shape index (κ1) is 13.7. The molecule has 0 saturated carbocycles. The summed E-state index contributed by atoms with van der Waals surface area (Å²) in [5.41, 5.74) is 2.66. The predicted molar refractivity (Wildman–Crippen MR) is 75.8 cm³/mol. The summed E-state index contributed by atoms with van der Waals surface area (Å²) in [6.07, 6.45) is 0. The summed E-state index contributed by atoms with van der Waals surface area (Å²) >= 11 is 3.39. The van der Waals surface area contributed by atoms with Crippen LogP contribution in [0.2, 0.25) is 0 Å². The Bertz CT molecular complexity index is 610. The Hall–Kier alpha value is -1.69. The largest absolute Gasteiger partial charge is 0.264 e. The molecule has 0 aliphatic carbocycles. The first-order chi connectivity index (χ1) is 8.97. The molecule has 6 heteroatoms. The molecule has 0 fully saturated rings. The SMILES string of the molecule is Cc1cc(C)n([C@H](C[N+](=O)[O-])c2cccc(Br)c2)n1. The average molecular weight is 324 g/mol. The van der Waals surface area contributed by atoms with Crippen LogP contribution in [-0.2, 0) is 0 Å². The standard InChI is InChI=1S/C13H14BrN3O2/c1-9-6-10(2)17(15-9)13(8-16(18)19)11-4-3-5-12(14)7-11/h3-7,13H,8H2,1-2H3/t13-/m1/s1. The Labute approximate surface area is 119 Å². The van der Waals surface area contributed by atoms with Gasteiger partial charge in [-0.25, -0.2) is 0 Å². The molecule has 0 amide bonds. The van der Waals surface area contributed by atoms with E-state index in [2.05, 4.69) is 21.0 Å². The fraction of sp³-hybridized carbons (Fsp3) is 0.308. The van der Waals surface area contributed by atoms with Crippen LogP contribution in [0.15, 0.2) is 34.8 Å². The molecule has 0 radical (unpaired) electrons. The minimum absolute atomic E-state index is 0.182. The van der Waals surface area contributed by atoms with Gasteiger partial charge in [0.15, 0.2) is 0 Å². The summed E-state index contributed by atoms with van der Waals surface area (Å²) < 4.78 is 2.62. The highest BCUT2D eigenvalue weighted by Crippen LogP contribution is 2.23. The maximum absolute atomic E-state index is 10.9. The summed E-state index contributed by atoms with van der Waals surface area (Å²) in [5, 5.41) is 15.3. The zero-order valence-electron chi connectivity index (χ0n) is 10.7. The van der Waals surface area contributed by atoms with Crippen molar-refractivity contribution in [3.8, 4) is 0 Å². The Morgan fingerprint density at radius 3 is 2.68 bits per heavy atom. The molecule has 0 aliphatic heterocycles. The lowest BCUT2D eigenvalue weighted by atomic mass is 10.1. The lowest BCUT2D eigenvalue weighted by Gasteiger charge is -2.16. The summed E-state index contributed by atoms with van der Waals surface area (Å²) in [5.74, 6) is 0. The molecule has 0 aliphatic rings. The van der Waals surface area contributed by atoms with Gasteiger partial charge in [-0.1, -0.05) is 28.1 Å². The van der Waals surface area contributed by atoms with Gasteiger partial charge in [-0.05, 0) is 37.6 Å². The Morgan fingerprint density at radius 1 is 1.42 bits per heavy atom. The van der Waals surface area contributed by atoms with E-state index < -0.39 is 0 Å². The number of halogens is 1. The van der Waals surface area contributed by atoms with Gasteiger partial charge in [-0.2, -0.15) is 5.10 Å². The molecule has 5 nitrogen and oxygen atoms in total. The van der Waals surface area contributed by atoms with Gasteiger partial charge in [0.1, 0.15) is 6.04 Å². The van der Waals surface area contributed by atoms with Crippen molar-refractivity contribution in [3.63, 3.8) is 0 Å². The molecular weight excluding hydrogens is 310 g/mol. The predicted octanol–water partition coefficient (Wildman–Crippen LogP) is 3.13. The zero-order chi connectivity index (χ0) is 14.0. The van der Waals surface area contributed by atoms with Crippen LogP contribution in [0.5, 0.6) is 0 Å². The minimum atomic E-state index is -0.388. The van der Waals surface area contributed by atoms with Crippen LogP contribution in [0.4, 0.5) is 0 Å². The van der Waals surface area contributed by atoms with E-state index in [4.69, 9.17) is 0 Å². The van der Waals surface area contributed by atoms with Crippen LogP contribution < -0.4 is 0 Å². The van der Waals surface area contributed by atoms with E-state index >= 15 is 0 Å². The van der Waals surface area contributed by atoms with Gasteiger partial charge in [0.05, 0.1) is 5.69 Å². The van der Waals surface area contributed by atoms with Crippen molar-refractivity contribution in [2.45, 2.75) is 19.9 Å². The maximum Gasteiger partial charge on any atom is 0.230 e. The number of rotatable bonds is 4. The third-order valence-electron chi connectivity index (χ3n) is 2.90. The van der Waals surface area contributed by atoms with Crippen LogP contribution in [-0.4, -0.2) is 21.2 Å². The van der Waals surface area contributed by atoms with Crippen LogP contribution >= 0.6 is 15.9 Å². The summed E-state index contributed by atoms with van der Waals surface area (Å²) in [6.45, 7) is 3.61. The van der Waals surface area contributed by atoms with E-state index in [0.717, 1.165) is 21.4 Å². The Morgan fingerprint density at radius 2 is 2.16 bits per heavy atom. The summed E-state index contributed by atoms with van der Waals surface area (Å²) in [6, 6.07) is 9.08. The van der Waals surface area contributed by atoms with E-state index in [1.807, 2.05) is 44.2 Å². The molecule has 2 aromatic rings. The van der Waals surface area contributed by atoms with Crippen molar-refractivity contribution in [2.24, 2.45) is 0 Å². The molecule has 0 saturated heterocycles. The number of aromatic nitrogens is 2. The Kier molecular flexibility index (Phi) is 3.99. The molecule has 1 atom stereocenters. The fourth-order valence-electron chi connectivity index (χ4n) is 2.14. The second-order valence-corrected chi connectivity index (χ2v) is 5.37. The molecule has 0 bridgehead atoms. The highest BCUT2D eigenvalue weighted by atomic mass is 79.9. The first-order valence-corrected chi connectivity index (χ1v) is 6.66. The van der Waals surface area contributed by atoms with Gasteiger partial charge < -0.3 is 0 Å². The summed E-state index contributed by atoms with van der Waals surface area (Å²) in [4.78, 5) is 10.6. The van der Waals surface area contributed by atoms with E-state index in [1.54, 1.807) is 4.68 Å². The highest BCUT2D eigenvalue weighted by molar-refractivity contribution is 9.10. The maximum atomic E-state index is 10.9. The lowest BCUT2D eigenvalue weighted by molar-refractivity contribution is -0.484. The molecule has 0 spiro atoms. The van der Waals surface area contributed by atoms with Gasteiger partial charge in [-0.15, -0.1) is 0 Å². The number of aryl methyl sites for hydroxylation is 2. The molecule has 100 valence electrons. The smallest absolute Gasteiger partial charge is 0.230 e.